The van der Waals surface area contributed by atoms with Gasteiger partial charge in [0.25, 0.3) is 0 Å². The summed E-state index contributed by atoms with van der Waals surface area (Å²) in [6.07, 6.45) is 0.0516. The van der Waals surface area contributed by atoms with Crippen LogP contribution in [0.1, 0.15) is 22.8 Å². The van der Waals surface area contributed by atoms with Crippen LogP contribution in [0.5, 0.6) is 11.5 Å². The molecule has 0 saturated carbocycles. The van der Waals surface area contributed by atoms with Gasteiger partial charge in [0, 0.05) is 10.8 Å². The van der Waals surface area contributed by atoms with Crippen molar-refractivity contribution in [2.45, 2.75) is 12.3 Å². The molecule has 0 bridgehead atoms. The summed E-state index contributed by atoms with van der Waals surface area (Å²) in [6.45, 7) is 0. The van der Waals surface area contributed by atoms with Crippen LogP contribution in [0, 0.1) is 0 Å². The summed E-state index contributed by atoms with van der Waals surface area (Å²) in [4.78, 5) is 12.1. The molecule has 0 fully saturated rings. The Morgan fingerprint density at radius 1 is 1.25 bits per heavy atom. The Morgan fingerprint density at radius 2 is 2.00 bits per heavy atom. The van der Waals surface area contributed by atoms with Crippen molar-refractivity contribution in [2.75, 3.05) is 14.2 Å². The van der Waals surface area contributed by atoms with Crippen molar-refractivity contribution in [3.05, 3.63) is 46.2 Å². The first kappa shape index (κ1) is 14.4. The number of rotatable bonds is 6. The minimum atomic E-state index is -0.821. The summed E-state index contributed by atoms with van der Waals surface area (Å²) in [5, 5.41) is 11.1. The summed E-state index contributed by atoms with van der Waals surface area (Å²) >= 11 is 1.56. The highest BCUT2D eigenvalue weighted by molar-refractivity contribution is 7.10. The molecule has 5 heteroatoms. The molecule has 0 saturated heterocycles. The maximum absolute atomic E-state index is 11.1. The van der Waals surface area contributed by atoms with Gasteiger partial charge in [-0.05, 0) is 29.1 Å². The fraction of sp³-hybridized carbons (Fsp3) is 0.267. The number of carboxylic acid groups (broad SMARTS) is 1. The molecular formula is C15H16O4S. The lowest BCUT2D eigenvalue weighted by Crippen LogP contribution is -2.07. The fourth-order valence-corrected chi connectivity index (χ4v) is 2.97. The third-order valence-electron chi connectivity index (χ3n) is 3.08. The van der Waals surface area contributed by atoms with Crippen molar-refractivity contribution in [3.63, 3.8) is 0 Å². The van der Waals surface area contributed by atoms with E-state index in [-0.39, 0.29) is 12.3 Å². The van der Waals surface area contributed by atoms with Gasteiger partial charge in [0.05, 0.1) is 20.6 Å². The predicted molar refractivity (Wildman–Crippen MR) is 78.0 cm³/mol. The van der Waals surface area contributed by atoms with Gasteiger partial charge in [-0.3, -0.25) is 4.79 Å². The lowest BCUT2D eigenvalue weighted by molar-refractivity contribution is -0.137. The minimum absolute atomic E-state index is 0.0516. The van der Waals surface area contributed by atoms with Gasteiger partial charge in [0.1, 0.15) is 0 Å². The van der Waals surface area contributed by atoms with E-state index < -0.39 is 5.97 Å². The summed E-state index contributed by atoms with van der Waals surface area (Å²) in [7, 11) is 3.14. The first-order valence-electron chi connectivity index (χ1n) is 6.12. The molecular weight excluding hydrogens is 276 g/mol. The van der Waals surface area contributed by atoms with E-state index >= 15 is 0 Å². The summed E-state index contributed by atoms with van der Waals surface area (Å²) in [6, 6.07) is 9.40. The second-order valence-corrected chi connectivity index (χ2v) is 5.26. The van der Waals surface area contributed by atoms with Gasteiger partial charge in [-0.1, -0.05) is 12.1 Å². The van der Waals surface area contributed by atoms with Crippen molar-refractivity contribution >= 4 is 17.3 Å². The number of thiophene rings is 1. The topological polar surface area (TPSA) is 55.8 Å². The molecule has 1 heterocycles. The van der Waals surface area contributed by atoms with Gasteiger partial charge in [0.15, 0.2) is 11.5 Å². The van der Waals surface area contributed by atoms with E-state index in [9.17, 15) is 4.79 Å². The molecule has 0 radical (unpaired) electrons. The number of benzene rings is 1. The highest BCUT2D eigenvalue weighted by atomic mass is 32.1. The molecule has 1 atom stereocenters. The van der Waals surface area contributed by atoms with Crippen molar-refractivity contribution in [2.24, 2.45) is 0 Å². The fourth-order valence-electron chi connectivity index (χ4n) is 2.12. The van der Waals surface area contributed by atoms with Gasteiger partial charge in [-0.15, -0.1) is 11.3 Å². The Bertz CT molecular complexity index is 578. The molecule has 0 amide bonds. The molecule has 1 aromatic carbocycles. The first-order valence-corrected chi connectivity index (χ1v) is 7.00. The predicted octanol–water partition coefficient (Wildman–Crippen LogP) is 3.37. The molecule has 0 aliphatic rings. The van der Waals surface area contributed by atoms with Crippen molar-refractivity contribution in [3.8, 4) is 11.5 Å². The summed E-state index contributed by atoms with van der Waals surface area (Å²) in [5.41, 5.74) is 0.910. The normalized spacial score (nSPS) is 11.9. The van der Waals surface area contributed by atoms with Crippen LogP contribution in [0.25, 0.3) is 0 Å². The molecule has 0 aliphatic carbocycles. The first-order chi connectivity index (χ1) is 9.65. The quantitative estimate of drug-likeness (QED) is 0.887. The number of hydrogen-bond acceptors (Lipinski definition) is 4. The Kier molecular flexibility index (Phi) is 4.63. The molecule has 2 rings (SSSR count). The van der Waals surface area contributed by atoms with E-state index in [0.29, 0.717) is 11.5 Å². The van der Waals surface area contributed by atoms with Crippen LogP contribution in [0.15, 0.2) is 35.7 Å². The molecule has 0 spiro atoms. The highest BCUT2D eigenvalue weighted by Crippen LogP contribution is 2.36. The van der Waals surface area contributed by atoms with Crippen LogP contribution in [-0.2, 0) is 4.79 Å². The lowest BCUT2D eigenvalue weighted by atomic mass is 9.94. The van der Waals surface area contributed by atoms with E-state index in [1.54, 1.807) is 31.6 Å². The Hall–Kier alpha value is -2.01. The van der Waals surface area contributed by atoms with Crippen molar-refractivity contribution in [1.82, 2.24) is 0 Å². The Balaban J connectivity index is 2.41. The zero-order chi connectivity index (χ0) is 14.5. The maximum atomic E-state index is 11.1. The molecule has 0 aliphatic heterocycles. The van der Waals surface area contributed by atoms with E-state index in [2.05, 4.69) is 0 Å². The molecule has 1 N–H and O–H groups in total. The Labute approximate surface area is 121 Å². The van der Waals surface area contributed by atoms with Crippen LogP contribution in [0.4, 0.5) is 0 Å². The van der Waals surface area contributed by atoms with E-state index in [1.807, 2.05) is 29.6 Å². The van der Waals surface area contributed by atoms with E-state index in [4.69, 9.17) is 14.6 Å². The highest BCUT2D eigenvalue weighted by Gasteiger charge is 2.20. The largest absolute Gasteiger partial charge is 0.493 e. The van der Waals surface area contributed by atoms with Crippen molar-refractivity contribution < 1.29 is 19.4 Å². The molecule has 1 aromatic heterocycles. The number of methoxy groups -OCH3 is 2. The van der Waals surface area contributed by atoms with Crippen molar-refractivity contribution in [1.29, 1.82) is 0 Å². The molecule has 106 valence electrons. The van der Waals surface area contributed by atoms with Crippen LogP contribution in [-0.4, -0.2) is 25.3 Å². The smallest absolute Gasteiger partial charge is 0.304 e. The number of aliphatic carboxylic acids is 1. The van der Waals surface area contributed by atoms with Gasteiger partial charge in [0.2, 0.25) is 0 Å². The van der Waals surface area contributed by atoms with Gasteiger partial charge >= 0.3 is 5.97 Å². The SMILES string of the molecule is COc1ccc(C(CC(=O)O)c2cccs2)cc1OC. The zero-order valence-electron chi connectivity index (χ0n) is 11.3. The zero-order valence-corrected chi connectivity index (χ0v) is 12.1. The second kappa shape index (κ2) is 6.43. The van der Waals surface area contributed by atoms with E-state index in [1.165, 1.54) is 0 Å². The molecule has 1 unspecified atom stereocenters. The number of ether oxygens (including phenoxy) is 2. The minimum Gasteiger partial charge on any atom is -0.493 e. The van der Waals surface area contributed by atoms with Gasteiger partial charge in [-0.25, -0.2) is 0 Å². The lowest BCUT2D eigenvalue weighted by Gasteiger charge is -2.16. The Morgan fingerprint density at radius 3 is 2.55 bits per heavy atom. The van der Waals surface area contributed by atoms with Crippen LogP contribution in [0.3, 0.4) is 0 Å². The van der Waals surface area contributed by atoms with Gasteiger partial charge in [-0.2, -0.15) is 0 Å². The molecule has 2 aromatic rings. The van der Waals surface area contributed by atoms with Crippen LogP contribution >= 0.6 is 11.3 Å². The monoisotopic (exact) mass is 292 g/mol. The second-order valence-electron chi connectivity index (χ2n) is 4.28. The maximum Gasteiger partial charge on any atom is 0.304 e. The van der Waals surface area contributed by atoms with Crippen LogP contribution in [0.2, 0.25) is 0 Å². The summed E-state index contributed by atoms with van der Waals surface area (Å²) in [5.74, 6) is 0.249. The van der Waals surface area contributed by atoms with E-state index in [0.717, 1.165) is 10.4 Å². The third-order valence-corrected chi connectivity index (χ3v) is 4.06. The number of carbonyl (C=O) groups is 1. The average Bonchev–Trinajstić information content (AvgIpc) is 2.97. The third kappa shape index (κ3) is 3.11. The average molecular weight is 292 g/mol. The molecule has 4 nitrogen and oxygen atoms in total. The molecule has 20 heavy (non-hydrogen) atoms. The van der Waals surface area contributed by atoms with Gasteiger partial charge < -0.3 is 14.6 Å². The standard InChI is InChI=1S/C15H16O4S/c1-18-12-6-5-10(8-13(12)19-2)11(9-15(16)17)14-4-3-7-20-14/h3-8,11H,9H2,1-2H3,(H,16,17). The van der Waals surface area contributed by atoms with Crippen LogP contribution < -0.4 is 9.47 Å². The number of hydrogen-bond donors (Lipinski definition) is 1. The summed E-state index contributed by atoms with van der Waals surface area (Å²) < 4.78 is 10.5. The number of carboxylic acids is 1.